The number of unbranched alkanes of at least 4 members (excludes halogenated alkanes) is 5. The molecule has 0 radical (unpaired) electrons. The molecule has 0 nitrogen and oxygen atoms in total. The summed E-state index contributed by atoms with van der Waals surface area (Å²) in [6.45, 7) is 2.28. The highest BCUT2D eigenvalue weighted by molar-refractivity contribution is 7.95. The van der Waals surface area contributed by atoms with Gasteiger partial charge >= 0.3 is 0 Å². The van der Waals surface area contributed by atoms with Gasteiger partial charge in [-0.15, -0.1) is 0 Å². The topological polar surface area (TPSA) is 0 Å². The molecule has 0 heterocycles. The van der Waals surface area contributed by atoms with E-state index in [-0.39, 0.29) is 0 Å². The summed E-state index contributed by atoms with van der Waals surface area (Å²) in [4.78, 5) is 0. The number of hydrogen-bond acceptors (Lipinski definition) is 0. The van der Waals surface area contributed by atoms with Crippen molar-refractivity contribution in [1.82, 2.24) is 0 Å². The molecule has 0 saturated heterocycles. The molecular formula is C28H34P+. The number of allylic oxidation sites excluding steroid dienone is 2. The molecule has 0 aliphatic rings. The molecule has 1 heteroatoms. The van der Waals surface area contributed by atoms with Gasteiger partial charge in [0.2, 0.25) is 0 Å². The molecule has 0 unspecified atom stereocenters. The zero-order chi connectivity index (χ0) is 20.2. The second-order valence-corrected chi connectivity index (χ2v) is 11.2. The van der Waals surface area contributed by atoms with Gasteiger partial charge in [0, 0.05) is 0 Å². The van der Waals surface area contributed by atoms with Crippen LogP contribution in [-0.4, -0.2) is 6.16 Å². The van der Waals surface area contributed by atoms with Crippen LogP contribution in [0.1, 0.15) is 45.4 Å². The van der Waals surface area contributed by atoms with E-state index in [2.05, 4.69) is 110 Å². The van der Waals surface area contributed by atoms with Crippen LogP contribution in [0.3, 0.4) is 0 Å². The SMILES string of the molecule is CCCCCCC/C=C/C[P+](c1ccccc1)(c1ccccc1)c1ccccc1. The predicted molar refractivity (Wildman–Crippen MR) is 133 cm³/mol. The van der Waals surface area contributed by atoms with E-state index in [9.17, 15) is 0 Å². The van der Waals surface area contributed by atoms with Crippen molar-refractivity contribution in [3.05, 3.63) is 103 Å². The smallest absolute Gasteiger partial charge is 0.0849 e. The second kappa shape index (κ2) is 11.7. The molecule has 150 valence electrons. The Balaban J connectivity index is 1.91. The Labute approximate surface area is 178 Å². The zero-order valence-electron chi connectivity index (χ0n) is 17.7. The van der Waals surface area contributed by atoms with Crippen molar-refractivity contribution in [2.24, 2.45) is 0 Å². The summed E-state index contributed by atoms with van der Waals surface area (Å²) in [5.41, 5.74) is 0. The molecule has 0 bridgehead atoms. The van der Waals surface area contributed by atoms with E-state index >= 15 is 0 Å². The van der Waals surface area contributed by atoms with E-state index in [1.807, 2.05) is 0 Å². The quantitative estimate of drug-likeness (QED) is 0.186. The van der Waals surface area contributed by atoms with Crippen molar-refractivity contribution in [3.8, 4) is 0 Å². The molecule has 0 amide bonds. The Hall–Kier alpha value is -2.17. The first-order valence-electron chi connectivity index (χ1n) is 11.1. The van der Waals surface area contributed by atoms with Crippen LogP contribution in [0, 0.1) is 0 Å². The average Bonchev–Trinajstić information content (AvgIpc) is 2.80. The van der Waals surface area contributed by atoms with Gasteiger partial charge in [-0.05, 0) is 49.2 Å². The first kappa shape index (κ1) is 21.5. The third-order valence-corrected chi connectivity index (χ3v) is 9.91. The maximum atomic E-state index is 2.46. The molecule has 0 aliphatic heterocycles. The Kier molecular flexibility index (Phi) is 8.72. The Bertz CT molecular complexity index is 741. The second-order valence-electron chi connectivity index (χ2n) is 7.67. The fraction of sp³-hybridized carbons (Fsp3) is 0.286. The summed E-state index contributed by atoms with van der Waals surface area (Å²) in [5.74, 6) is 0. The molecule has 0 aromatic heterocycles. The van der Waals surface area contributed by atoms with Crippen molar-refractivity contribution < 1.29 is 0 Å². The predicted octanol–water partition coefficient (Wildman–Crippen LogP) is 6.90. The van der Waals surface area contributed by atoms with Gasteiger partial charge in [-0.25, -0.2) is 0 Å². The summed E-state index contributed by atoms with van der Waals surface area (Å²) in [5, 5.41) is 4.39. The number of hydrogen-bond donors (Lipinski definition) is 0. The molecule has 0 fully saturated rings. The summed E-state index contributed by atoms with van der Waals surface area (Å²) < 4.78 is 0. The van der Waals surface area contributed by atoms with Crippen molar-refractivity contribution in [2.45, 2.75) is 45.4 Å². The summed E-state index contributed by atoms with van der Waals surface area (Å²) in [7, 11) is -1.71. The minimum absolute atomic E-state index is 1.08. The van der Waals surface area contributed by atoms with Crippen LogP contribution in [-0.2, 0) is 0 Å². The van der Waals surface area contributed by atoms with E-state index in [1.54, 1.807) is 0 Å². The van der Waals surface area contributed by atoms with E-state index in [4.69, 9.17) is 0 Å². The van der Waals surface area contributed by atoms with Gasteiger partial charge in [0.05, 0.1) is 6.16 Å². The lowest BCUT2D eigenvalue weighted by atomic mass is 10.1. The largest absolute Gasteiger partial charge is 0.115 e. The van der Waals surface area contributed by atoms with Crippen LogP contribution < -0.4 is 15.9 Å². The minimum Gasteiger partial charge on any atom is -0.0849 e. The highest BCUT2D eigenvalue weighted by Gasteiger charge is 2.43. The van der Waals surface area contributed by atoms with Crippen LogP contribution in [0.4, 0.5) is 0 Å². The van der Waals surface area contributed by atoms with Crippen LogP contribution >= 0.6 is 7.26 Å². The molecular weight excluding hydrogens is 367 g/mol. The summed E-state index contributed by atoms with van der Waals surface area (Å²) in [6, 6.07) is 33.5. The molecule has 0 aliphatic carbocycles. The van der Waals surface area contributed by atoms with Crippen LogP contribution in [0.5, 0.6) is 0 Å². The molecule has 0 atom stereocenters. The molecule has 3 aromatic carbocycles. The third kappa shape index (κ3) is 5.68. The summed E-state index contributed by atoms with van der Waals surface area (Å²) in [6.07, 6.45) is 13.9. The number of rotatable bonds is 11. The fourth-order valence-corrected chi connectivity index (χ4v) is 8.06. The molecule has 3 rings (SSSR count). The van der Waals surface area contributed by atoms with Crippen LogP contribution in [0.2, 0.25) is 0 Å². The molecule has 29 heavy (non-hydrogen) atoms. The Morgan fingerprint density at radius 2 is 1.00 bits per heavy atom. The van der Waals surface area contributed by atoms with Crippen molar-refractivity contribution in [2.75, 3.05) is 6.16 Å². The summed E-state index contributed by atoms with van der Waals surface area (Å²) >= 11 is 0. The number of benzene rings is 3. The minimum atomic E-state index is -1.71. The van der Waals surface area contributed by atoms with Gasteiger partial charge in [0.15, 0.2) is 0 Å². The van der Waals surface area contributed by atoms with Gasteiger partial charge in [-0.2, -0.15) is 0 Å². The lowest BCUT2D eigenvalue weighted by Crippen LogP contribution is -2.32. The third-order valence-electron chi connectivity index (χ3n) is 5.61. The van der Waals surface area contributed by atoms with Crippen molar-refractivity contribution in [1.29, 1.82) is 0 Å². The van der Waals surface area contributed by atoms with Gasteiger partial charge in [0.25, 0.3) is 0 Å². The van der Waals surface area contributed by atoms with E-state index in [0.717, 1.165) is 6.16 Å². The lowest BCUT2D eigenvalue weighted by Gasteiger charge is -2.26. The van der Waals surface area contributed by atoms with Gasteiger partial charge in [-0.3, -0.25) is 0 Å². The average molecular weight is 402 g/mol. The fourth-order valence-electron chi connectivity index (χ4n) is 4.03. The first-order valence-corrected chi connectivity index (χ1v) is 13.1. The molecule has 3 aromatic rings. The van der Waals surface area contributed by atoms with Crippen molar-refractivity contribution >= 4 is 23.2 Å². The monoisotopic (exact) mass is 401 g/mol. The molecule has 0 saturated carbocycles. The maximum absolute atomic E-state index is 2.46. The van der Waals surface area contributed by atoms with E-state index in [1.165, 1.54) is 54.4 Å². The standard InChI is InChI=1S/C28H34P/c1-2-3-4-5-6-7-8-18-25-29(26-19-12-9-13-20-26,27-21-14-10-15-22-27)28-23-16-11-17-24-28/h8-24H,2-7,25H2,1H3/q+1/b18-8+. The van der Waals surface area contributed by atoms with Crippen LogP contribution in [0.15, 0.2) is 103 Å². The van der Waals surface area contributed by atoms with Gasteiger partial charge < -0.3 is 0 Å². The Morgan fingerprint density at radius 3 is 1.45 bits per heavy atom. The highest BCUT2D eigenvalue weighted by Crippen LogP contribution is 2.55. The molecule has 0 N–H and O–H groups in total. The van der Waals surface area contributed by atoms with Gasteiger partial charge in [-0.1, -0.05) is 99.4 Å². The molecule has 0 spiro atoms. The maximum Gasteiger partial charge on any atom is 0.115 e. The zero-order valence-corrected chi connectivity index (χ0v) is 18.6. The van der Waals surface area contributed by atoms with Crippen LogP contribution in [0.25, 0.3) is 0 Å². The Morgan fingerprint density at radius 1 is 0.552 bits per heavy atom. The lowest BCUT2D eigenvalue weighted by molar-refractivity contribution is 0.637. The van der Waals surface area contributed by atoms with E-state index in [0.29, 0.717) is 0 Å². The van der Waals surface area contributed by atoms with E-state index < -0.39 is 7.26 Å². The van der Waals surface area contributed by atoms with Gasteiger partial charge in [0.1, 0.15) is 23.2 Å². The highest BCUT2D eigenvalue weighted by atomic mass is 31.2. The normalized spacial score (nSPS) is 11.8. The first-order chi connectivity index (χ1) is 14.4. The van der Waals surface area contributed by atoms with Crippen molar-refractivity contribution in [3.63, 3.8) is 0 Å².